The fourth-order valence-corrected chi connectivity index (χ4v) is 5.17. The maximum atomic E-state index is 13.3. The van der Waals surface area contributed by atoms with E-state index in [1.807, 2.05) is 32.0 Å². The molecule has 0 spiro atoms. The lowest BCUT2D eigenvalue weighted by Gasteiger charge is -2.34. The number of amides is 1. The van der Waals surface area contributed by atoms with E-state index in [1.54, 1.807) is 17.0 Å². The van der Waals surface area contributed by atoms with Crippen LogP contribution in [0.1, 0.15) is 88.5 Å². The van der Waals surface area contributed by atoms with Gasteiger partial charge in [-0.1, -0.05) is 40.0 Å². The van der Waals surface area contributed by atoms with Crippen LogP contribution in [0.2, 0.25) is 0 Å². The van der Waals surface area contributed by atoms with E-state index in [9.17, 15) is 14.7 Å². The summed E-state index contributed by atoms with van der Waals surface area (Å²) in [7, 11) is 0. The fourth-order valence-electron chi connectivity index (χ4n) is 5.17. The Morgan fingerprint density at radius 2 is 1.82 bits per heavy atom. The van der Waals surface area contributed by atoms with Crippen molar-refractivity contribution in [2.75, 3.05) is 6.61 Å². The van der Waals surface area contributed by atoms with E-state index in [4.69, 9.17) is 9.15 Å². The number of ether oxygens (including phenoxy) is 1. The molecule has 1 amide bonds. The lowest BCUT2D eigenvalue weighted by molar-refractivity contribution is -0.142. The van der Waals surface area contributed by atoms with Gasteiger partial charge in [0.05, 0.1) is 12.2 Å². The van der Waals surface area contributed by atoms with E-state index in [1.165, 1.54) is 0 Å². The van der Waals surface area contributed by atoms with Crippen molar-refractivity contribution < 1.29 is 23.8 Å². The highest BCUT2D eigenvalue weighted by Crippen LogP contribution is 2.44. The minimum Gasteiger partial charge on any atom is -0.507 e. The highest BCUT2D eigenvalue weighted by atomic mass is 16.5. The summed E-state index contributed by atoms with van der Waals surface area (Å²) in [5.41, 5.74) is 1.26. The number of furan rings is 1. The van der Waals surface area contributed by atoms with Gasteiger partial charge in [-0.3, -0.25) is 9.59 Å². The van der Waals surface area contributed by atoms with Crippen molar-refractivity contribution >= 4 is 17.4 Å². The van der Waals surface area contributed by atoms with Crippen LogP contribution in [0.4, 0.5) is 0 Å². The molecule has 2 heterocycles. The minimum absolute atomic E-state index is 0.0450. The number of aryl methyl sites for hydroxylation is 1. The second kappa shape index (κ2) is 9.32. The Morgan fingerprint density at radius 1 is 1.12 bits per heavy atom. The summed E-state index contributed by atoms with van der Waals surface area (Å²) in [5.74, 6) is 0.547. The third-order valence-corrected chi connectivity index (χ3v) is 6.84. The Labute approximate surface area is 201 Å². The fraction of sp³-hybridized carbons (Fsp3) is 0.500. The Morgan fingerprint density at radius 3 is 2.41 bits per heavy atom. The number of rotatable bonds is 5. The van der Waals surface area contributed by atoms with Crippen LogP contribution >= 0.6 is 0 Å². The van der Waals surface area contributed by atoms with Crippen LogP contribution in [0.25, 0.3) is 5.76 Å². The maximum absolute atomic E-state index is 13.3. The second-order valence-corrected chi connectivity index (χ2v) is 10.3. The number of ketones is 1. The van der Waals surface area contributed by atoms with Crippen molar-refractivity contribution in [2.24, 2.45) is 0 Å². The molecule has 0 radical (unpaired) electrons. The molecule has 1 aliphatic carbocycles. The first-order chi connectivity index (χ1) is 16.1. The van der Waals surface area contributed by atoms with Crippen molar-refractivity contribution in [3.8, 4) is 5.75 Å². The molecule has 1 aromatic carbocycles. The molecule has 1 unspecified atom stereocenters. The molecule has 1 N–H and O–H groups in total. The van der Waals surface area contributed by atoms with Crippen LogP contribution < -0.4 is 4.74 Å². The zero-order valence-electron chi connectivity index (χ0n) is 20.8. The summed E-state index contributed by atoms with van der Waals surface area (Å²) in [4.78, 5) is 28.3. The summed E-state index contributed by atoms with van der Waals surface area (Å²) < 4.78 is 11.7. The summed E-state index contributed by atoms with van der Waals surface area (Å²) >= 11 is 0. The zero-order valence-corrected chi connectivity index (χ0v) is 20.8. The van der Waals surface area contributed by atoms with Gasteiger partial charge in [0.2, 0.25) is 0 Å². The Bertz CT molecular complexity index is 1110. The molecule has 1 saturated carbocycles. The van der Waals surface area contributed by atoms with E-state index < -0.39 is 17.7 Å². The first-order valence-electron chi connectivity index (χ1n) is 12.3. The van der Waals surface area contributed by atoms with E-state index >= 15 is 0 Å². The van der Waals surface area contributed by atoms with Crippen LogP contribution in [0, 0.1) is 6.92 Å². The van der Waals surface area contributed by atoms with Gasteiger partial charge < -0.3 is 19.2 Å². The van der Waals surface area contributed by atoms with Gasteiger partial charge in [0.1, 0.15) is 29.1 Å². The smallest absolute Gasteiger partial charge is 0.296 e. The number of aliphatic hydroxyl groups is 1. The van der Waals surface area contributed by atoms with E-state index in [2.05, 4.69) is 20.8 Å². The quantitative estimate of drug-likeness (QED) is 0.331. The van der Waals surface area contributed by atoms with Crippen LogP contribution in [0.5, 0.6) is 5.75 Å². The topological polar surface area (TPSA) is 80.0 Å². The number of hydrogen-bond donors (Lipinski definition) is 1. The largest absolute Gasteiger partial charge is 0.507 e. The van der Waals surface area contributed by atoms with Crippen molar-refractivity contribution in [3.05, 3.63) is 58.6 Å². The molecule has 4 rings (SSSR count). The summed E-state index contributed by atoms with van der Waals surface area (Å²) in [6, 6.07) is 8.27. The molecule has 0 bridgehead atoms. The number of carbonyl (C=O) groups excluding carboxylic acids is 2. The van der Waals surface area contributed by atoms with Gasteiger partial charge in [-0.05, 0) is 62.4 Å². The zero-order chi connectivity index (χ0) is 24.6. The molecule has 34 heavy (non-hydrogen) atoms. The molecule has 2 fully saturated rings. The second-order valence-electron chi connectivity index (χ2n) is 10.3. The predicted molar refractivity (Wildman–Crippen MR) is 131 cm³/mol. The highest BCUT2D eigenvalue weighted by Gasteiger charge is 2.50. The highest BCUT2D eigenvalue weighted by molar-refractivity contribution is 6.46. The van der Waals surface area contributed by atoms with E-state index in [0.717, 1.165) is 43.4 Å². The number of likely N-dealkylation sites (tertiary alicyclic amines) is 1. The van der Waals surface area contributed by atoms with Crippen LogP contribution in [-0.2, 0) is 15.0 Å². The Hall–Kier alpha value is -3.02. The van der Waals surface area contributed by atoms with Crippen molar-refractivity contribution in [2.45, 2.75) is 84.2 Å². The van der Waals surface area contributed by atoms with Crippen molar-refractivity contribution in [1.82, 2.24) is 4.90 Å². The van der Waals surface area contributed by atoms with E-state index in [-0.39, 0.29) is 22.8 Å². The normalized spacial score (nSPS) is 21.3. The molecule has 182 valence electrons. The molecular weight excluding hydrogens is 430 g/mol. The summed E-state index contributed by atoms with van der Waals surface area (Å²) in [6.45, 7) is 10.5. The third-order valence-electron chi connectivity index (χ3n) is 6.84. The van der Waals surface area contributed by atoms with Gasteiger partial charge >= 0.3 is 0 Å². The lowest BCUT2D eigenvalue weighted by Crippen LogP contribution is -2.40. The molecule has 6 nitrogen and oxygen atoms in total. The lowest BCUT2D eigenvalue weighted by atomic mass is 9.84. The molecule has 1 saturated heterocycles. The van der Waals surface area contributed by atoms with Gasteiger partial charge in [-0.15, -0.1) is 0 Å². The van der Waals surface area contributed by atoms with Crippen molar-refractivity contribution in [3.63, 3.8) is 0 Å². The summed E-state index contributed by atoms with van der Waals surface area (Å²) in [6.07, 6.45) is 4.87. The molecule has 1 atom stereocenters. The monoisotopic (exact) mass is 465 g/mol. The number of aliphatic hydroxyl groups excluding tert-OH is 1. The molecule has 2 aliphatic rings. The Balaban J connectivity index is 1.87. The van der Waals surface area contributed by atoms with Crippen molar-refractivity contribution in [1.29, 1.82) is 0 Å². The molecule has 1 aliphatic heterocycles. The molecule has 6 heteroatoms. The van der Waals surface area contributed by atoms with Gasteiger partial charge in [-0.2, -0.15) is 0 Å². The number of Topliss-reactive ketones (excluding diaryl/α,β-unsaturated/α-hetero) is 1. The van der Waals surface area contributed by atoms with Crippen LogP contribution in [-0.4, -0.2) is 34.3 Å². The summed E-state index contributed by atoms with van der Waals surface area (Å²) in [5, 5.41) is 11.5. The molecule has 2 aromatic rings. The SMILES string of the molecule is CCOc1ccc(/C(O)=C2/C(=O)C(=O)N(C3CCCCC3)C2c2ccc(C)o2)cc1C(C)(C)C. The average molecular weight is 466 g/mol. The number of carbonyl (C=O) groups is 2. The van der Waals surface area contributed by atoms with Crippen LogP contribution in [0.15, 0.2) is 40.3 Å². The minimum atomic E-state index is -0.735. The van der Waals surface area contributed by atoms with Gasteiger partial charge in [0, 0.05) is 17.2 Å². The van der Waals surface area contributed by atoms with Gasteiger partial charge in [0.15, 0.2) is 0 Å². The first kappa shape index (κ1) is 24.1. The molecule has 1 aromatic heterocycles. The number of benzene rings is 1. The third kappa shape index (κ3) is 4.38. The van der Waals surface area contributed by atoms with Gasteiger partial charge in [0.25, 0.3) is 11.7 Å². The number of hydrogen-bond acceptors (Lipinski definition) is 5. The van der Waals surface area contributed by atoms with E-state index in [0.29, 0.717) is 23.7 Å². The van der Waals surface area contributed by atoms with Crippen LogP contribution in [0.3, 0.4) is 0 Å². The maximum Gasteiger partial charge on any atom is 0.296 e. The average Bonchev–Trinajstić information content (AvgIpc) is 3.34. The predicted octanol–water partition coefficient (Wildman–Crippen LogP) is 6.04. The Kier molecular flexibility index (Phi) is 6.61. The number of nitrogens with zero attached hydrogens (tertiary/aromatic N) is 1. The van der Waals surface area contributed by atoms with Gasteiger partial charge in [-0.25, -0.2) is 0 Å². The molecular formula is C28H35NO5. The first-order valence-corrected chi connectivity index (χ1v) is 12.3. The standard InChI is InChI=1S/C28H35NO5/c1-6-33-21-15-13-18(16-20(21)28(3,4)5)25(30)23-24(22-14-12-17(2)34-22)29(27(32)26(23)31)19-10-8-7-9-11-19/h12-16,19,24,30H,6-11H2,1-5H3/b25-23-.